The number of likely N-dealkylation sites (tertiary alicyclic amines) is 1. The van der Waals surface area contributed by atoms with Crippen LogP contribution in [0.2, 0.25) is 10.0 Å². The highest BCUT2D eigenvalue weighted by molar-refractivity contribution is 6.42. The van der Waals surface area contributed by atoms with Gasteiger partial charge in [-0.1, -0.05) is 40.9 Å². The molecule has 1 saturated heterocycles. The second kappa shape index (κ2) is 10.5. The Kier molecular flexibility index (Phi) is 7.82. The Hall–Kier alpha value is -2.44. The van der Waals surface area contributed by atoms with Gasteiger partial charge in [0.25, 0.3) is 5.91 Å². The van der Waals surface area contributed by atoms with Crippen molar-refractivity contribution in [3.05, 3.63) is 58.1 Å². The number of carbonyl (C=O) groups is 2. The molecule has 8 heteroatoms. The number of hydrogen-bond donors (Lipinski definition) is 2. The van der Waals surface area contributed by atoms with E-state index in [4.69, 9.17) is 27.9 Å². The van der Waals surface area contributed by atoms with Gasteiger partial charge < -0.3 is 20.3 Å². The van der Waals surface area contributed by atoms with Crippen molar-refractivity contribution in [3.63, 3.8) is 0 Å². The summed E-state index contributed by atoms with van der Waals surface area (Å²) in [6.07, 6.45) is 1.85. The van der Waals surface area contributed by atoms with Gasteiger partial charge in [0, 0.05) is 31.4 Å². The molecule has 0 spiro atoms. The summed E-state index contributed by atoms with van der Waals surface area (Å²) in [6.45, 7) is 3.72. The largest absolute Gasteiger partial charge is 0.484 e. The second-order valence-electron chi connectivity index (χ2n) is 7.41. The molecule has 1 atom stereocenters. The van der Waals surface area contributed by atoms with Crippen LogP contribution in [-0.4, -0.2) is 43.1 Å². The van der Waals surface area contributed by atoms with Crippen molar-refractivity contribution in [2.75, 3.05) is 31.6 Å². The van der Waals surface area contributed by atoms with Gasteiger partial charge in [0.15, 0.2) is 6.61 Å². The monoisotopic (exact) mass is 449 g/mol. The van der Waals surface area contributed by atoms with E-state index in [1.165, 1.54) is 0 Å². The normalized spacial score (nSPS) is 16.1. The molecule has 1 fully saturated rings. The van der Waals surface area contributed by atoms with E-state index in [0.717, 1.165) is 24.1 Å². The number of nitrogens with zero attached hydrogens (tertiary/aromatic N) is 1. The van der Waals surface area contributed by atoms with Crippen LogP contribution >= 0.6 is 23.2 Å². The molecule has 1 aliphatic rings. The maximum atomic E-state index is 12.5. The van der Waals surface area contributed by atoms with Gasteiger partial charge in [0.05, 0.1) is 10.0 Å². The molecule has 1 heterocycles. The number of amides is 3. The first-order chi connectivity index (χ1) is 14.4. The fourth-order valence-corrected chi connectivity index (χ4v) is 3.60. The zero-order valence-corrected chi connectivity index (χ0v) is 18.3. The minimum atomic E-state index is -0.245. The molecule has 3 rings (SSSR count). The molecule has 160 valence electrons. The molecule has 0 saturated carbocycles. The Morgan fingerprint density at radius 2 is 1.90 bits per heavy atom. The zero-order chi connectivity index (χ0) is 21.5. The van der Waals surface area contributed by atoms with Crippen molar-refractivity contribution in [2.24, 2.45) is 5.92 Å². The first kappa shape index (κ1) is 22.2. The van der Waals surface area contributed by atoms with Crippen LogP contribution in [0.25, 0.3) is 0 Å². The van der Waals surface area contributed by atoms with Crippen molar-refractivity contribution < 1.29 is 14.3 Å². The van der Waals surface area contributed by atoms with Crippen LogP contribution in [0.5, 0.6) is 5.75 Å². The predicted octanol–water partition coefficient (Wildman–Crippen LogP) is 4.74. The summed E-state index contributed by atoms with van der Waals surface area (Å²) in [5.74, 6) is 0.618. The van der Waals surface area contributed by atoms with Gasteiger partial charge in [0.1, 0.15) is 5.75 Å². The fraction of sp³-hybridized carbons (Fsp3) is 0.364. The van der Waals surface area contributed by atoms with Gasteiger partial charge in [0.2, 0.25) is 0 Å². The van der Waals surface area contributed by atoms with E-state index in [0.29, 0.717) is 35.4 Å². The topological polar surface area (TPSA) is 70.7 Å². The van der Waals surface area contributed by atoms with Gasteiger partial charge in [-0.05, 0) is 49.9 Å². The number of benzene rings is 2. The van der Waals surface area contributed by atoms with Crippen LogP contribution < -0.4 is 15.4 Å². The lowest BCUT2D eigenvalue weighted by Gasteiger charge is -2.32. The van der Waals surface area contributed by atoms with E-state index in [2.05, 4.69) is 10.6 Å². The highest BCUT2D eigenvalue weighted by atomic mass is 35.5. The van der Waals surface area contributed by atoms with Crippen LogP contribution in [0.3, 0.4) is 0 Å². The van der Waals surface area contributed by atoms with Gasteiger partial charge in [-0.15, -0.1) is 0 Å². The molecule has 0 bridgehead atoms. The van der Waals surface area contributed by atoms with E-state index in [-0.39, 0.29) is 24.5 Å². The smallest absolute Gasteiger partial charge is 0.319 e. The average molecular weight is 450 g/mol. The van der Waals surface area contributed by atoms with Crippen molar-refractivity contribution >= 4 is 40.8 Å². The number of carbonyl (C=O) groups excluding carboxylic acids is 2. The van der Waals surface area contributed by atoms with Crippen molar-refractivity contribution in [1.82, 2.24) is 10.2 Å². The first-order valence-corrected chi connectivity index (χ1v) is 10.6. The van der Waals surface area contributed by atoms with Crippen LogP contribution in [0.1, 0.15) is 18.4 Å². The van der Waals surface area contributed by atoms with Gasteiger partial charge in [-0.3, -0.25) is 4.79 Å². The number of halogens is 2. The van der Waals surface area contributed by atoms with Crippen LogP contribution in [0.4, 0.5) is 10.5 Å². The summed E-state index contributed by atoms with van der Waals surface area (Å²) in [4.78, 5) is 26.4. The average Bonchev–Trinajstić information content (AvgIpc) is 2.75. The van der Waals surface area contributed by atoms with E-state index in [9.17, 15) is 9.59 Å². The van der Waals surface area contributed by atoms with Crippen molar-refractivity contribution in [3.8, 4) is 5.75 Å². The van der Waals surface area contributed by atoms with Crippen molar-refractivity contribution in [2.45, 2.75) is 19.8 Å². The van der Waals surface area contributed by atoms with E-state index in [1.807, 2.05) is 31.2 Å². The summed E-state index contributed by atoms with van der Waals surface area (Å²) in [5, 5.41) is 6.54. The number of hydrogen-bond acceptors (Lipinski definition) is 3. The zero-order valence-electron chi connectivity index (χ0n) is 16.8. The number of aryl methyl sites for hydroxylation is 1. The molecule has 6 nitrogen and oxygen atoms in total. The molecule has 0 aliphatic carbocycles. The highest BCUT2D eigenvalue weighted by Gasteiger charge is 2.24. The maximum Gasteiger partial charge on any atom is 0.319 e. The molecule has 0 radical (unpaired) electrons. The minimum absolute atomic E-state index is 0.0635. The van der Waals surface area contributed by atoms with E-state index in [1.54, 1.807) is 23.1 Å². The summed E-state index contributed by atoms with van der Waals surface area (Å²) in [7, 11) is 0. The minimum Gasteiger partial charge on any atom is -0.484 e. The Labute approximate surface area is 186 Å². The van der Waals surface area contributed by atoms with Crippen molar-refractivity contribution in [1.29, 1.82) is 0 Å². The summed E-state index contributed by atoms with van der Waals surface area (Å²) < 4.78 is 5.55. The van der Waals surface area contributed by atoms with Gasteiger partial charge in [-0.25, -0.2) is 4.79 Å². The highest BCUT2D eigenvalue weighted by Crippen LogP contribution is 2.26. The van der Waals surface area contributed by atoms with Gasteiger partial charge >= 0.3 is 6.03 Å². The molecular weight excluding hydrogens is 425 g/mol. The standard InChI is InChI=1S/C22H25Cl2N3O3/c1-15-4-6-17(7-5-15)26-22(29)25-12-16-3-2-10-27(13-16)21(28)14-30-18-8-9-19(23)20(24)11-18/h4-9,11,16H,2-3,10,12-14H2,1H3,(H2,25,26,29). The summed E-state index contributed by atoms with van der Waals surface area (Å²) >= 11 is 11.9. The number of ether oxygens (including phenoxy) is 1. The predicted molar refractivity (Wildman–Crippen MR) is 119 cm³/mol. The molecule has 0 aromatic heterocycles. The number of nitrogens with one attached hydrogen (secondary N) is 2. The number of piperidine rings is 1. The number of rotatable bonds is 6. The molecule has 2 aromatic rings. The lowest BCUT2D eigenvalue weighted by molar-refractivity contribution is -0.135. The molecule has 2 aromatic carbocycles. The summed E-state index contributed by atoms with van der Waals surface area (Å²) in [5.41, 5.74) is 1.88. The lowest BCUT2D eigenvalue weighted by atomic mass is 9.98. The number of urea groups is 1. The fourth-order valence-electron chi connectivity index (χ4n) is 3.31. The third-order valence-corrected chi connectivity index (χ3v) is 5.72. The Morgan fingerprint density at radius 3 is 2.63 bits per heavy atom. The van der Waals surface area contributed by atoms with Crippen LogP contribution in [0.15, 0.2) is 42.5 Å². The van der Waals surface area contributed by atoms with E-state index < -0.39 is 0 Å². The van der Waals surface area contributed by atoms with Crippen LogP contribution in [0, 0.1) is 12.8 Å². The summed E-state index contributed by atoms with van der Waals surface area (Å²) in [6, 6.07) is 12.3. The second-order valence-corrected chi connectivity index (χ2v) is 8.23. The quantitative estimate of drug-likeness (QED) is 0.668. The molecule has 2 N–H and O–H groups in total. The van der Waals surface area contributed by atoms with E-state index >= 15 is 0 Å². The molecular formula is C22H25Cl2N3O3. The third kappa shape index (κ3) is 6.54. The molecule has 1 unspecified atom stereocenters. The van der Waals surface area contributed by atoms with Crippen LogP contribution in [-0.2, 0) is 4.79 Å². The maximum absolute atomic E-state index is 12.5. The molecule has 3 amide bonds. The molecule has 30 heavy (non-hydrogen) atoms. The van der Waals surface area contributed by atoms with Gasteiger partial charge in [-0.2, -0.15) is 0 Å². The lowest BCUT2D eigenvalue weighted by Crippen LogP contribution is -2.45. The number of anilines is 1. The SMILES string of the molecule is Cc1ccc(NC(=O)NCC2CCCN(C(=O)COc3ccc(Cl)c(Cl)c3)C2)cc1. The first-order valence-electron chi connectivity index (χ1n) is 9.88. The molecule has 1 aliphatic heterocycles. The Bertz CT molecular complexity index is 890. The third-order valence-electron chi connectivity index (χ3n) is 4.99. The Morgan fingerprint density at radius 1 is 1.13 bits per heavy atom. The Balaban J connectivity index is 1.42.